The summed E-state index contributed by atoms with van der Waals surface area (Å²) in [5.74, 6) is -5.11. The van der Waals surface area contributed by atoms with Crippen LogP contribution in [0.25, 0.3) is 0 Å². The predicted molar refractivity (Wildman–Crippen MR) is 92.3 cm³/mol. The zero-order valence-electron chi connectivity index (χ0n) is 13.5. The number of nitrogens with zero attached hydrogens (tertiary/aromatic N) is 1. The monoisotopic (exact) mass is 357 g/mol. The van der Waals surface area contributed by atoms with Crippen molar-refractivity contribution >= 4 is 17.3 Å². The SMILES string of the molecule is O=C(Nc1ccc(F)c(F)c1F)c1cncc(NCc2ccccc2)c1. The maximum atomic E-state index is 13.7. The van der Waals surface area contributed by atoms with Gasteiger partial charge in [-0.1, -0.05) is 30.3 Å². The zero-order chi connectivity index (χ0) is 18.5. The number of hydrogen-bond donors (Lipinski definition) is 2. The van der Waals surface area contributed by atoms with Gasteiger partial charge < -0.3 is 10.6 Å². The minimum absolute atomic E-state index is 0.146. The average Bonchev–Trinajstić information content (AvgIpc) is 2.68. The third kappa shape index (κ3) is 4.00. The van der Waals surface area contributed by atoms with E-state index in [1.807, 2.05) is 30.3 Å². The molecule has 1 amide bonds. The first-order valence-electron chi connectivity index (χ1n) is 7.72. The number of anilines is 2. The molecule has 0 saturated carbocycles. The van der Waals surface area contributed by atoms with Crippen molar-refractivity contribution in [3.63, 3.8) is 0 Å². The lowest BCUT2D eigenvalue weighted by atomic mass is 10.2. The van der Waals surface area contributed by atoms with Crippen LogP contribution >= 0.6 is 0 Å². The number of carbonyl (C=O) groups excluding carboxylic acids is 1. The smallest absolute Gasteiger partial charge is 0.257 e. The molecule has 0 aliphatic carbocycles. The Morgan fingerprint density at radius 2 is 1.73 bits per heavy atom. The number of benzene rings is 2. The van der Waals surface area contributed by atoms with Gasteiger partial charge in [0.05, 0.1) is 16.9 Å². The summed E-state index contributed by atoms with van der Waals surface area (Å²) >= 11 is 0. The second kappa shape index (κ2) is 7.69. The van der Waals surface area contributed by atoms with E-state index in [-0.39, 0.29) is 5.56 Å². The fourth-order valence-corrected chi connectivity index (χ4v) is 2.28. The number of nitrogens with one attached hydrogen (secondary N) is 2. The summed E-state index contributed by atoms with van der Waals surface area (Å²) < 4.78 is 39.9. The van der Waals surface area contributed by atoms with Crippen LogP contribution in [0.5, 0.6) is 0 Å². The molecule has 3 aromatic rings. The second-order valence-corrected chi connectivity index (χ2v) is 5.48. The number of pyridine rings is 1. The molecular formula is C19H14F3N3O. The molecule has 0 atom stereocenters. The molecule has 3 rings (SSSR count). The molecule has 26 heavy (non-hydrogen) atoms. The van der Waals surface area contributed by atoms with Crippen molar-refractivity contribution in [1.29, 1.82) is 0 Å². The van der Waals surface area contributed by atoms with E-state index < -0.39 is 29.0 Å². The van der Waals surface area contributed by atoms with Crippen molar-refractivity contribution in [1.82, 2.24) is 4.98 Å². The fourth-order valence-electron chi connectivity index (χ4n) is 2.28. The number of hydrogen-bond acceptors (Lipinski definition) is 3. The Balaban J connectivity index is 1.71. The Morgan fingerprint density at radius 1 is 0.962 bits per heavy atom. The van der Waals surface area contributed by atoms with Crippen molar-refractivity contribution < 1.29 is 18.0 Å². The van der Waals surface area contributed by atoms with Gasteiger partial charge in [-0.3, -0.25) is 9.78 Å². The van der Waals surface area contributed by atoms with E-state index in [0.717, 1.165) is 17.7 Å². The zero-order valence-corrected chi connectivity index (χ0v) is 13.5. The number of carbonyl (C=O) groups is 1. The first-order valence-corrected chi connectivity index (χ1v) is 7.72. The summed E-state index contributed by atoms with van der Waals surface area (Å²) in [4.78, 5) is 16.2. The molecular weight excluding hydrogens is 343 g/mol. The Bertz CT molecular complexity index is 933. The summed E-state index contributed by atoms with van der Waals surface area (Å²) in [6, 6.07) is 12.9. The van der Waals surface area contributed by atoms with Crippen molar-refractivity contribution in [2.75, 3.05) is 10.6 Å². The topological polar surface area (TPSA) is 54.0 Å². The van der Waals surface area contributed by atoms with Gasteiger partial charge in [0.2, 0.25) is 0 Å². The largest absolute Gasteiger partial charge is 0.380 e. The molecule has 0 aliphatic rings. The van der Waals surface area contributed by atoms with E-state index in [4.69, 9.17) is 0 Å². The highest BCUT2D eigenvalue weighted by Gasteiger charge is 2.16. The van der Waals surface area contributed by atoms with Gasteiger partial charge in [-0.2, -0.15) is 0 Å². The van der Waals surface area contributed by atoms with Gasteiger partial charge in [-0.05, 0) is 23.8 Å². The van der Waals surface area contributed by atoms with E-state index >= 15 is 0 Å². The van der Waals surface area contributed by atoms with Crippen LogP contribution in [0, 0.1) is 17.5 Å². The molecule has 0 spiro atoms. The summed E-state index contributed by atoms with van der Waals surface area (Å²) in [6.45, 7) is 0.533. The maximum absolute atomic E-state index is 13.7. The van der Waals surface area contributed by atoms with Gasteiger partial charge in [0.1, 0.15) is 0 Å². The lowest BCUT2D eigenvalue weighted by Crippen LogP contribution is -2.14. The average molecular weight is 357 g/mol. The lowest BCUT2D eigenvalue weighted by Gasteiger charge is -2.09. The minimum Gasteiger partial charge on any atom is -0.380 e. The third-order valence-electron chi connectivity index (χ3n) is 3.62. The molecule has 1 aromatic heterocycles. The Morgan fingerprint density at radius 3 is 2.50 bits per heavy atom. The Kier molecular flexibility index (Phi) is 5.17. The first kappa shape index (κ1) is 17.5. The van der Waals surface area contributed by atoms with Crippen molar-refractivity contribution in [2.45, 2.75) is 6.54 Å². The molecule has 0 aliphatic heterocycles. The van der Waals surface area contributed by atoms with Crippen LogP contribution in [-0.4, -0.2) is 10.9 Å². The van der Waals surface area contributed by atoms with Gasteiger partial charge in [-0.25, -0.2) is 13.2 Å². The van der Waals surface area contributed by atoms with Gasteiger partial charge in [-0.15, -0.1) is 0 Å². The highest BCUT2D eigenvalue weighted by molar-refractivity contribution is 6.04. The van der Waals surface area contributed by atoms with Crippen LogP contribution in [0.1, 0.15) is 15.9 Å². The standard InChI is InChI=1S/C19H14F3N3O/c20-15-6-7-16(18(22)17(15)21)25-19(26)13-8-14(11-23-10-13)24-9-12-4-2-1-3-5-12/h1-8,10-11,24H,9H2,(H,25,26). The summed E-state index contributed by atoms with van der Waals surface area (Å²) in [6.07, 6.45) is 2.83. The van der Waals surface area contributed by atoms with Gasteiger partial charge in [0.25, 0.3) is 5.91 Å². The van der Waals surface area contributed by atoms with Crippen molar-refractivity contribution in [3.8, 4) is 0 Å². The third-order valence-corrected chi connectivity index (χ3v) is 3.62. The van der Waals surface area contributed by atoms with Crippen LogP contribution in [-0.2, 0) is 6.54 Å². The molecule has 2 aromatic carbocycles. The normalized spacial score (nSPS) is 10.4. The van der Waals surface area contributed by atoms with Crippen LogP contribution < -0.4 is 10.6 Å². The molecule has 2 N–H and O–H groups in total. The minimum atomic E-state index is -1.64. The predicted octanol–water partition coefficient (Wildman–Crippen LogP) is 4.36. The molecule has 0 fully saturated rings. The molecule has 0 saturated heterocycles. The van der Waals surface area contributed by atoms with Crippen molar-refractivity contribution in [3.05, 3.63) is 89.5 Å². The fraction of sp³-hybridized carbons (Fsp3) is 0.0526. The van der Waals surface area contributed by atoms with E-state index in [0.29, 0.717) is 12.2 Å². The summed E-state index contributed by atoms with van der Waals surface area (Å²) in [7, 11) is 0. The van der Waals surface area contributed by atoms with E-state index in [9.17, 15) is 18.0 Å². The molecule has 4 nitrogen and oxygen atoms in total. The van der Waals surface area contributed by atoms with E-state index in [1.54, 1.807) is 0 Å². The van der Waals surface area contributed by atoms with Crippen molar-refractivity contribution in [2.24, 2.45) is 0 Å². The Labute approximate surface area is 147 Å². The van der Waals surface area contributed by atoms with Gasteiger partial charge >= 0.3 is 0 Å². The van der Waals surface area contributed by atoms with Crippen LogP contribution in [0.2, 0.25) is 0 Å². The number of rotatable bonds is 5. The molecule has 132 valence electrons. The number of amides is 1. The number of aromatic nitrogens is 1. The van der Waals surface area contributed by atoms with Gasteiger partial charge in [0.15, 0.2) is 17.5 Å². The lowest BCUT2D eigenvalue weighted by molar-refractivity contribution is 0.102. The van der Waals surface area contributed by atoms with Crippen LogP contribution in [0.3, 0.4) is 0 Å². The number of halogens is 3. The highest BCUT2D eigenvalue weighted by Crippen LogP contribution is 2.20. The molecule has 0 radical (unpaired) electrons. The summed E-state index contributed by atoms with van der Waals surface area (Å²) in [5, 5.41) is 5.33. The Hall–Kier alpha value is -3.35. The van der Waals surface area contributed by atoms with E-state index in [2.05, 4.69) is 15.6 Å². The molecule has 7 heteroatoms. The van der Waals surface area contributed by atoms with Crippen LogP contribution in [0.4, 0.5) is 24.5 Å². The molecule has 0 bridgehead atoms. The quantitative estimate of drug-likeness (QED) is 0.667. The maximum Gasteiger partial charge on any atom is 0.257 e. The van der Waals surface area contributed by atoms with Crippen LogP contribution in [0.15, 0.2) is 60.9 Å². The first-order chi connectivity index (χ1) is 12.5. The van der Waals surface area contributed by atoms with Gasteiger partial charge in [0, 0.05) is 18.9 Å². The second-order valence-electron chi connectivity index (χ2n) is 5.48. The highest BCUT2D eigenvalue weighted by atomic mass is 19.2. The summed E-state index contributed by atoms with van der Waals surface area (Å²) in [5.41, 5.74) is 1.34. The molecule has 0 unspecified atom stereocenters. The van der Waals surface area contributed by atoms with E-state index in [1.165, 1.54) is 18.5 Å². The molecule has 1 heterocycles.